The molecule has 136 valence electrons. The van der Waals surface area contributed by atoms with Crippen molar-refractivity contribution in [3.05, 3.63) is 53.5 Å². The van der Waals surface area contributed by atoms with Crippen molar-refractivity contribution in [2.45, 2.75) is 38.8 Å². The molecule has 0 aliphatic carbocycles. The van der Waals surface area contributed by atoms with Crippen LogP contribution >= 0.6 is 0 Å². The maximum absolute atomic E-state index is 5.60. The summed E-state index contributed by atoms with van der Waals surface area (Å²) < 4.78 is 11.0. The number of nitrogens with zero attached hydrogens (tertiary/aromatic N) is 3. The second kappa shape index (κ2) is 7.33. The predicted octanol–water partition coefficient (Wildman–Crippen LogP) is 3.97. The second-order valence-electron chi connectivity index (χ2n) is 6.70. The van der Waals surface area contributed by atoms with E-state index in [4.69, 9.17) is 9.26 Å². The van der Waals surface area contributed by atoms with Gasteiger partial charge in [0.05, 0.1) is 30.7 Å². The number of benzene rings is 1. The Bertz CT molecular complexity index is 870. The average molecular weight is 352 g/mol. The molecule has 0 bridgehead atoms. The monoisotopic (exact) mass is 352 g/mol. The number of aromatic nitrogens is 3. The van der Waals surface area contributed by atoms with Crippen LogP contribution in [-0.2, 0) is 13.0 Å². The summed E-state index contributed by atoms with van der Waals surface area (Å²) in [6.45, 7) is 3.98. The fourth-order valence-corrected chi connectivity index (χ4v) is 3.67. The summed E-state index contributed by atoms with van der Waals surface area (Å²) in [5.74, 6) is 1.82. The maximum Gasteiger partial charge on any atom is 0.154 e. The highest BCUT2D eigenvalue weighted by atomic mass is 16.5. The molecule has 0 spiro atoms. The van der Waals surface area contributed by atoms with E-state index in [-0.39, 0.29) is 6.04 Å². The van der Waals surface area contributed by atoms with Gasteiger partial charge in [0.1, 0.15) is 5.75 Å². The van der Waals surface area contributed by atoms with Crippen molar-refractivity contribution in [1.29, 1.82) is 0 Å². The Labute approximate surface area is 153 Å². The van der Waals surface area contributed by atoms with E-state index in [0.717, 1.165) is 54.4 Å². The largest absolute Gasteiger partial charge is 0.497 e. The van der Waals surface area contributed by atoms with Crippen molar-refractivity contribution >= 4 is 0 Å². The van der Waals surface area contributed by atoms with Crippen molar-refractivity contribution in [2.24, 2.45) is 0 Å². The number of likely N-dealkylation sites (tertiary alicyclic amines) is 1. The topological polar surface area (TPSA) is 67.2 Å². The van der Waals surface area contributed by atoms with Crippen molar-refractivity contribution < 1.29 is 9.26 Å². The van der Waals surface area contributed by atoms with Gasteiger partial charge in [0.15, 0.2) is 5.76 Å². The van der Waals surface area contributed by atoms with Crippen molar-refractivity contribution in [3.8, 4) is 17.0 Å². The van der Waals surface area contributed by atoms with Crippen LogP contribution in [0.1, 0.15) is 42.8 Å². The van der Waals surface area contributed by atoms with Gasteiger partial charge in [-0.05, 0) is 37.9 Å². The van der Waals surface area contributed by atoms with Gasteiger partial charge in [-0.3, -0.25) is 10.00 Å². The summed E-state index contributed by atoms with van der Waals surface area (Å²) in [5, 5.41) is 11.6. The van der Waals surface area contributed by atoms with Crippen molar-refractivity contribution in [2.75, 3.05) is 13.7 Å². The van der Waals surface area contributed by atoms with Crippen LogP contribution in [0, 0.1) is 0 Å². The lowest BCUT2D eigenvalue weighted by Crippen LogP contribution is -2.22. The summed E-state index contributed by atoms with van der Waals surface area (Å²) in [4.78, 5) is 2.45. The molecule has 1 saturated heterocycles. The first-order valence-corrected chi connectivity index (χ1v) is 9.14. The Hall–Kier alpha value is -2.60. The smallest absolute Gasteiger partial charge is 0.154 e. The molecule has 1 N–H and O–H groups in total. The number of nitrogens with one attached hydrogen (secondary N) is 1. The standard InChI is InChI=1S/C20H24N4O2/c1-3-16-11-19(26-23-16)18-8-5-9-24(18)13-15-12-21-22-20(15)14-6-4-7-17(10-14)25-2/h4,6-7,10-12,18H,3,5,8-9,13H2,1-2H3,(H,21,22)/t18-/m0/s1. The Morgan fingerprint density at radius 2 is 2.27 bits per heavy atom. The van der Waals surface area contributed by atoms with Crippen LogP contribution < -0.4 is 4.74 Å². The highest BCUT2D eigenvalue weighted by molar-refractivity contribution is 5.64. The predicted molar refractivity (Wildman–Crippen MR) is 98.8 cm³/mol. The van der Waals surface area contributed by atoms with Gasteiger partial charge in [-0.25, -0.2) is 0 Å². The molecule has 1 fully saturated rings. The normalized spacial score (nSPS) is 17.7. The zero-order valence-electron chi connectivity index (χ0n) is 15.2. The van der Waals surface area contributed by atoms with Gasteiger partial charge < -0.3 is 9.26 Å². The zero-order valence-corrected chi connectivity index (χ0v) is 15.2. The molecule has 2 aromatic heterocycles. The van der Waals surface area contributed by atoms with E-state index in [1.165, 1.54) is 12.0 Å². The third-order valence-corrected chi connectivity index (χ3v) is 5.08. The molecule has 1 atom stereocenters. The van der Waals surface area contributed by atoms with Crippen molar-refractivity contribution in [3.63, 3.8) is 0 Å². The van der Waals surface area contributed by atoms with Crippen LogP contribution in [0.5, 0.6) is 5.75 Å². The lowest BCUT2D eigenvalue weighted by Gasteiger charge is -2.22. The number of rotatable bonds is 6. The Morgan fingerprint density at radius 1 is 1.35 bits per heavy atom. The first kappa shape index (κ1) is 16.8. The van der Waals surface area contributed by atoms with E-state index in [2.05, 4.69) is 39.3 Å². The second-order valence-corrected chi connectivity index (χ2v) is 6.70. The van der Waals surface area contributed by atoms with Crippen LogP contribution in [0.3, 0.4) is 0 Å². The van der Waals surface area contributed by atoms with Crippen LogP contribution in [0.15, 0.2) is 41.1 Å². The molecule has 3 heterocycles. The molecule has 0 unspecified atom stereocenters. The molecule has 1 aliphatic rings. The number of hydrogen-bond donors (Lipinski definition) is 1. The van der Waals surface area contributed by atoms with Gasteiger partial charge in [-0.15, -0.1) is 0 Å². The van der Waals surface area contributed by atoms with Gasteiger partial charge in [0.2, 0.25) is 0 Å². The van der Waals surface area contributed by atoms with Gasteiger partial charge in [0.25, 0.3) is 0 Å². The number of H-pyrrole nitrogens is 1. The lowest BCUT2D eigenvalue weighted by molar-refractivity contribution is 0.206. The molecule has 1 aliphatic heterocycles. The molecule has 4 rings (SSSR count). The Balaban J connectivity index is 1.56. The summed E-state index contributed by atoms with van der Waals surface area (Å²) >= 11 is 0. The number of hydrogen-bond acceptors (Lipinski definition) is 5. The molecule has 26 heavy (non-hydrogen) atoms. The summed E-state index contributed by atoms with van der Waals surface area (Å²) in [6.07, 6.45) is 5.09. The number of aryl methyl sites for hydroxylation is 1. The van der Waals surface area contributed by atoms with Crippen LogP contribution in [0.25, 0.3) is 11.3 Å². The highest BCUT2D eigenvalue weighted by Crippen LogP contribution is 2.35. The first-order valence-electron chi connectivity index (χ1n) is 9.14. The van der Waals surface area contributed by atoms with Gasteiger partial charge in [-0.1, -0.05) is 24.2 Å². The van der Waals surface area contributed by atoms with Crippen LogP contribution in [-0.4, -0.2) is 33.9 Å². The summed E-state index contributed by atoms with van der Waals surface area (Å²) in [7, 11) is 1.68. The van der Waals surface area contributed by atoms with E-state index in [1.807, 2.05) is 24.4 Å². The number of methoxy groups -OCH3 is 1. The zero-order chi connectivity index (χ0) is 17.9. The van der Waals surface area contributed by atoms with Crippen molar-refractivity contribution in [1.82, 2.24) is 20.3 Å². The van der Waals surface area contributed by atoms with Gasteiger partial charge in [0, 0.05) is 23.7 Å². The summed E-state index contributed by atoms with van der Waals surface area (Å²) in [5.41, 5.74) is 4.33. The maximum atomic E-state index is 5.60. The molecular formula is C20H24N4O2. The molecule has 6 heteroatoms. The molecular weight excluding hydrogens is 328 g/mol. The fourth-order valence-electron chi connectivity index (χ4n) is 3.67. The lowest BCUT2D eigenvalue weighted by atomic mass is 10.1. The minimum Gasteiger partial charge on any atom is -0.497 e. The minimum atomic E-state index is 0.288. The minimum absolute atomic E-state index is 0.288. The molecule has 0 radical (unpaired) electrons. The average Bonchev–Trinajstić information content (AvgIpc) is 3.42. The third kappa shape index (κ3) is 3.24. The quantitative estimate of drug-likeness (QED) is 0.727. The van der Waals surface area contributed by atoms with E-state index in [9.17, 15) is 0 Å². The van der Waals surface area contributed by atoms with Gasteiger partial charge >= 0.3 is 0 Å². The molecule has 1 aromatic carbocycles. The van der Waals surface area contributed by atoms with Gasteiger partial charge in [-0.2, -0.15) is 5.10 Å². The highest BCUT2D eigenvalue weighted by Gasteiger charge is 2.30. The molecule has 6 nitrogen and oxygen atoms in total. The Kier molecular flexibility index (Phi) is 4.75. The molecule has 0 amide bonds. The first-order chi connectivity index (χ1) is 12.8. The van der Waals surface area contributed by atoms with E-state index >= 15 is 0 Å². The third-order valence-electron chi connectivity index (χ3n) is 5.08. The summed E-state index contributed by atoms with van der Waals surface area (Å²) in [6, 6.07) is 10.4. The van der Waals surface area contributed by atoms with Crippen LogP contribution in [0.2, 0.25) is 0 Å². The van der Waals surface area contributed by atoms with E-state index < -0.39 is 0 Å². The number of ether oxygens (including phenoxy) is 1. The SMILES string of the molecule is CCc1cc([C@@H]2CCCN2Cc2cn[nH]c2-c2cccc(OC)c2)on1. The van der Waals surface area contributed by atoms with Crippen LogP contribution in [0.4, 0.5) is 0 Å². The Morgan fingerprint density at radius 3 is 3.08 bits per heavy atom. The van der Waals surface area contributed by atoms with E-state index in [0.29, 0.717) is 0 Å². The van der Waals surface area contributed by atoms with E-state index in [1.54, 1.807) is 7.11 Å². The molecule has 3 aromatic rings. The molecule has 0 saturated carbocycles. The fraction of sp³-hybridized carbons (Fsp3) is 0.400. The number of aromatic amines is 1.